The molecule has 0 aliphatic heterocycles. The average Bonchev–Trinajstić information content (AvgIpc) is 2.82. The van der Waals surface area contributed by atoms with Crippen molar-refractivity contribution in [2.45, 2.75) is 11.2 Å². The maximum atomic E-state index is 12.7. The minimum atomic E-state index is -4.16. The number of aromatic hydroxyl groups is 3. The van der Waals surface area contributed by atoms with Gasteiger partial charge >= 0.3 is 11.9 Å². The van der Waals surface area contributed by atoms with Gasteiger partial charge < -0.3 is 40.5 Å². The highest BCUT2D eigenvalue weighted by Crippen LogP contribution is 2.30. The lowest BCUT2D eigenvalue weighted by Crippen LogP contribution is -2.71. The summed E-state index contributed by atoms with van der Waals surface area (Å²) in [6, 6.07) is 6.84. The normalized spacial score (nSPS) is 14.8. The predicted octanol–water partition coefficient (Wildman–Crippen LogP) is 0.308. The molecule has 0 spiro atoms. The van der Waals surface area contributed by atoms with Crippen molar-refractivity contribution in [3.05, 3.63) is 59.7 Å². The molecular formula is C23H20O12. The predicted molar refractivity (Wildman–Crippen MR) is 118 cm³/mol. The van der Waals surface area contributed by atoms with E-state index in [0.29, 0.717) is 12.2 Å². The Morgan fingerprint density at radius 2 is 1.14 bits per heavy atom. The molecule has 0 radical (unpaired) electrons. The number of carboxylic acid groups (broad SMARTS) is 2. The first-order valence-corrected chi connectivity index (χ1v) is 9.54. The third kappa shape index (κ3) is 4.98. The Morgan fingerprint density at radius 3 is 1.54 bits per heavy atom. The highest BCUT2D eigenvalue weighted by molar-refractivity contribution is 6.27. The fourth-order valence-corrected chi connectivity index (χ4v) is 2.90. The van der Waals surface area contributed by atoms with Crippen molar-refractivity contribution in [2.24, 2.45) is 0 Å². The van der Waals surface area contributed by atoms with E-state index in [1.807, 2.05) is 0 Å². The van der Waals surface area contributed by atoms with Crippen molar-refractivity contribution in [3.63, 3.8) is 0 Å². The molecule has 7 N–H and O–H groups in total. The van der Waals surface area contributed by atoms with E-state index in [2.05, 4.69) is 0 Å². The number of aliphatic hydroxyl groups is 2. The first-order valence-electron chi connectivity index (χ1n) is 9.54. The van der Waals surface area contributed by atoms with Crippen molar-refractivity contribution < 1.29 is 59.7 Å². The number of carboxylic acids is 2. The molecule has 184 valence electrons. The van der Waals surface area contributed by atoms with E-state index in [9.17, 15) is 54.9 Å². The van der Waals surface area contributed by atoms with Crippen LogP contribution in [0, 0.1) is 0 Å². The standard InChI is InChI=1S/C23H20O12/c1-35-17-11-13(3-7-15(17)25)5-9-19(28)23(34,21(31)32)22(33,20(29)30)18(27)8-4-12-2-6-14(24)16(26)10-12/h2-11,24-26,33-34H,1H3,(H,29,30)(H,31,32). The van der Waals surface area contributed by atoms with Gasteiger partial charge in [-0.15, -0.1) is 0 Å². The zero-order valence-corrected chi connectivity index (χ0v) is 17.9. The van der Waals surface area contributed by atoms with Gasteiger partial charge in [-0.05, 0) is 47.5 Å². The largest absolute Gasteiger partial charge is 0.504 e. The number of ketones is 2. The molecule has 2 unspecified atom stereocenters. The van der Waals surface area contributed by atoms with E-state index in [1.54, 1.807) is 0 Å². The lowest BCUT2D eigenvalue weighted by Gasteiger charge is -2.33. The summed E-state index contributed by atoms with van der Waals surface area (Å²) in [5, 5.41) is 68.5. The molecule has 12 nitrogen and oxygen atoms in total. The summed E-state index contributed by atoms with van der Waals surface area (Å²) >= 11 is 0. The Bertz CT molecular complexity index is 1250. The summed E-state index contributed by atoms with van der Waals surface area (Å²) in [4.78, 5) is 48.9. The maximum Gasteiger partial charge on any atom is 0.348 e. The number of benzene rings is 2. The fraction of sp³-hybridized carbons (Fsp3) is 0.130. The number of aliphatic carboxylic acids is 2. The van der Waals surface area contributed by atoms with Crippen LogP contribution >= 0.6 is 0 Å². The van der Waals surface area contributed by atoms with Crippen LogP contribution in [0.2, 0.25) is 0 Å². The number of carbonyl (C=O) groups is 4. The number of carbonyl (C=O) groups excluding carboxylic acids is 2. The summed E-state index contributed by atoms with van der Waals surface area (Å²) in [6.45, 7) is 0. The van der Waals surface area contributed by atoms with E-state index in [4.69, 9.17) is 4.74 Å². The van der Waals surface area contributed by atoms with Gasteiger partial charge in [0.05, 0.1) is 7.11 Å². The van der Waals surface area contributed by atoms with E-state index in [0.717, 1.165) is 24.3 Å². The summed E-state index contributed by atoms with van der Waals surface area (Å²) in [5.74, 6) is -10.2. The second-order valence-electron chi connectivity index (χ2n) is 7.11. The minimum absolute atomic E-state index is 0.0179. The molecule has 35 heavy (non-hydrogen) atoms. The Hall–Kier alpha value is -4.68. The van der Waals surface area contributed by atoms with Gasteiger partial charge in [-0.25, -0.2) is 9.59 Å². The Balaban J connectivity index is 2.49. The second-order valence-corrected chi connectivity index (χ2v) is 7.11. The summed E-state index contributed by atoms with van der Waals surface area (Å²) in [5.41, 5.74) is -8.15. The average molecular weight is 488 g/mol. The minimum Gasteiger partial charge on any atom is -0.504 e. The zero-order valence-electron chi connectivity index (χ0n) is 17.9. The number of ether oxygens (including phenoxy) is 1. The lowest BCUT2D eigenvalue weighted by molar-refractivity contribution is -0.204. The molecule has 0 amide bonds. The van der Waals surface area contributed by atoms with Crippen molar-refractivity contribution in [3.8, 4) is 23.0 Å². The molecule has 12 heteroatoms. The molecule has 0 aliphatic rings. The third-order valence-corrected chi connectivity index (χ3v) is 4.91. The summed E-state index contributed by atoms with van der Waals surface area (Å²) in [7, 11) is 1.24. The molecule has 2 rings (SSSR count). The molecule has 0 fully saturated rings. The lowest BCUT2D eigenvalue weighted by atomic mass is 9.76. The molecule has 0 aromatic heterocycles. The van der Waals surface area contributed by atoms with E-state index in [-0.39, 0.29) is 22.6 Å². The molecule has 0 bridgehead atoms. The summed E-state index contributed by atoms with van der Waals surface area (Å²) in [6.07, 6.45) is 2.60. The number of methoxy groups -OCH3 is 1. The van der Waals surface area contributed by atoms with E-state index < -0.39 is 46.2 Å². The van der Waals surface area contributed by atoms with Gasteiger partial charge in [-0.3, -0.25) is 9.59 Å². The van der Waals surface area contributed by atoms with Crippen molar-refractivity contribution in [1.29, 1.82) is 0 Å². The van der Waals surface area contributed by atoms with Crippen LogP contribution < -0.4 is 4.74 Å². The van der Waals surface area contributed by atoms with Gasteiger partial charge in [0.1, 0.15) is 0 Å². The van der Waals surface area contributed by atoms with Crippen molar-refractivity contribution in [1.82, 2.24) is 0 Å². The zero-order chi connectivity index (χ0) is 26.6. The van der Waals surface area contributed by atoms with Crippen LogP contribution in [0.15, 0.2) is 48.6 Å². The van der Waals surface area contributed by atoms with Crippen LogP contribution in [0.1, 0.15) is 11.1 Å². The fourth-order valence-electron chi connectivity index (χ4n) is 2.90. The number of hydrogen-bond acceptors (Lipinski definition) is 10. The molecule has 0 saturated heterocycles. The summed E-state index contributed by atoms with van der Waals surface area (Å²) < 4.78 is 4.88. The maximum absolute atomic E-state index is 12.7. The van der Waals surface area contributed by atoms with Crippen LogP contribution in [-0.2, 0) is 19.2 Å². The monoisotopic (exact) mass is 488 g/mol. The topological polar surface area (TPSA) is 219 Å². The second kappa shape index (κ2) is 10.1. The Morgan fingerprint density at radius 1 is 0.714 bits per heavy atom. The number of rotatable bonds is 10. The molecule has 2 aromatic rings. The van der Waals surface area contributed by atoms with Gasteiger partial charge in [-0.1, -0.05) is 24.3 Å². The van der Waals surface area contributed by atoms with Gasteiger partial charge in [0, 0.05) is 0 Å². The van der Waals surface area contributed by atoms with Crippen LogP contribution in [0.3, 0.4) is 0 Å². The van der Waals surface area contributed by atoms with Crippen LogP contribution in [0.25, 0.3) is 12.2 Å². The van der Waals surface area contributed by atoms with Crippen molar-refractivity contribution in [2.75, 3.05) is 7.11 Å². The molecule has 2 aromatic carbocycles. The van der Waals surface area contributed by atoms with Gasteiger partial charge in [0.25, 0.3) is 11.2 Å². The molecule has 0 heterocycles. The Kier molecular flexibility index (Phi) is 7.65. The first kappa shape index (κ1) is 26.6. The third-order valence-electron chi connectivity index (χ3n) is 4.91. The molecule has 0 aliphatic carbocycles. The highest BCUT2D eigenvalue weighted by Gasteiger charge is 2.68. The number of hydrogen-bond donors (Lipinski definition) is 7. The quantitative estimate of drug-likeness (QED) is 0.136. The highest BCUT2D eigenvalue weighted by atomic mass is 16.5. The van der Waals surface area contributed by atoms with Gasteiger partial charge in [-0.2, -0.15) is 0 Å². The smallest absolute Gasteiger partial charge is 0.348 e. The van der Waals surface area contributed by atoms with Crippen molar-refractivity contribution >= 4 is 35.7 Å². The van der Waals surface area contributed by atoms with E-state index >= 15 is 0 Å². The van der Waals surface area contributed by atoms with Gasteiger partial charge in [0.15, 0.2) is 23.0 Å². The molecular weight excluding hydrogens is 468 g/mol. The van der Waals surface area contributed by atoms with E-state index in [1.165, 1.54) is 31.4 Å². The number of phenolic OH excluding ortho intramolecular Hbond substituents is 3. The first-order chi connectivity index (χ1) is 16.3. The molecule has 0 saturated carbocycles. The number of phenols is 3. The van der Waals surface area contributed by atoms with Crippen LogP contribution in [-0.4, -0.2) is 77.6 Å². The Labute approximate surface area is 196 Å². The SMILES string of the molecule is COc1cc(C=CC(=O)C(O)(C(=O)O)C(O)(C(=O)O)C(=O)C=Cc2ccc(O)c(O)c2)ccc1O. The van der Waals surface area contributed by atoms with Crippen LogP contribution in [0.4, 0.5) is 0 Å². The van der Waals surface area contributed by atoms with Gasteiger partial charge in [0.2, 0.25) is 11.6 Å². The molecule has 2 atom stereocenters. The van der Waals surface area contributed by atoms with Crippen LogP contribution in [0.5, 0.6) is 23.0 Å².